The minimum atomic E-state index is -0.729. The van der Waals surface area contributed by atoms with Crippen LogP contribution in [0, 0.1) is 0 Å². The summed E-state index contributed by atoms with van der Waals surface area (Å²) in [6.45, 7) is 4.78. The lowest BCUT2D eigenvalue weighted by Crippen LogP contribution is -2.44. The van der Waals surface area contributed by atoms with E-state index in [0.29, 0.717) is 12.7 Å². The molecule has 1 amide bonds. The van der Waals surface area contributed by atoms with E-state index < -0.39 is 12.0 Å². The smallest absolute Gasteiger partial charge is 0.331 e. The quantitative estimate of drug-likeness (QED) is 0.366. The van der Waals surface area contributed by atoms with Crippen molar-refractivity contribution in [2.24, 2.45) is 0 Å². The van der Waals surface area contributed by atoms with Crippen molar-refractivity contribution in [3.05, 3.63) is 0 Å². The van der Waals surface area contributed by atoms with Crippen LogP contribution in [-0.4, -0.2) is 50.4 Å². The molecule has 1 N–H and O–H groups in total. The van der Waals surface area contributed by atoms with Crippen molar-refractivity contribution in [2.75, 3.05) is 26.4 Å². The van der Waals surface area contributed by atoms with Crippen molar-refractivity contribution in [3.63, 3.8) is 0 Å². The van der Waals surface area contributed by atoms with Crippen molar-refractivity contribution in [1.29, 1.82) is 0 Å². The summed E-state index contributed by atoms with van der Waals surface area (Å²) in [7, 11) is 0. The van der Waals surface area contributed by atoms with Gasteiger partial charge in [-0.1, -0.05) is 0 Å². The summed E-state index contributed by atoms with van der Waals surface area (Å²) >= 11 is 0. The van der Waals surface area contributed by atoms with E-state index in [2.05, 4.69) is 5.32 Å². The monoisotopic (exact) mass is 245 g/mol. The highest BCUT2D eigenvalue weighted by Gasteiger charge is 2.23. The third kappa shape index (κ3) is 6.23. The Morgan fingerprint density at radius 3 is 2.76 bits per heavy atom. The number of hydrogen-bond donors (Lipinski definition) is 1. The second-order valence-corrected chi connectivity index (χ2v) is 3.82. The summed E-state index contributed by atoms with van der Waals surface area (Å²) in [5, 5.41) is 2.50. The molecule has 0 aromatic rings. The Kier molecular flexibility index (Phi) is 5.93. The van der Waals surface area contributed by atoms with Crippen LogP contribution in [0.3, 0.4) is 0 Å². The van der Waals surface area contributed by atoms with E-state index in [0.717, 1.165) is 13.0 Å². The minimum absolute atomic E-state index is 0.130. The van der Waals surface area contributed by atoms with Gasteiger partial charge in [0, 0.05) is 13.5 Å². The number of carbonyl (C=O) groups is 2. The first kappa shape index (κ1) is 13.9. The van der Waals surface area contributed by atoms with Crippen molar-refractivity contribution < 1.29 is 23.8 Å². The maximum atomic E-state index is 11.5. The molecule has 17 heavy (non-hydrogen) atoms. The predicted octanol–water partition coefficient (Wildman–Crippen LogP) is -0.140. The van der Waals surface area contributed by atoms with Gasteiger partial charge in [-0.15, -0.1) is 0 Å². The Morgan fingerprint density at radius 2 is 2.24 bits per heavy atom. The molecule has 0 saturated carbocycles. The molecule has 0 aromatic carbocycles. The SMILES string of the molecule is CCOC(=O)[C@@H](COCCC1CO1)NC(C)=O. The molecule has 1 saturated heterocycles. The number of nitrogens with one attached hydrogen (secondary N) is 1. The topological polar surface area (TPSA) is 77.2 Å². The first-order chi connectivity index (χ1) is 8.13. The summed E-state index contributed by atoms with van der Waals surface area (Å²) in [6.07, 6.45) is 1.12. The molecular formula is C11H19NO5. The largest absolute Gasteiger partial charge is 0.464 e. The Morgan fingerprint density at radius 1 is 1.53 bits per heavy atom. The van der Waals surface area contributed by atoms with E-state index >= 15 is 0 Å². The molecule has 6 heteroatoms. The zero-order valence-electron chi connectivity index (χ0n) is 10.2. The Hall–Kier alpha value is -1.14. The van der Waals surface area contributed by atoms with Crippen molar-refractivity contribution in [2.45, 2.75) is 32.4 Å². The molecule has 0 spiro atoms. The van der Waals surface area contributed by atoms with Gasteiger partial charge in [-0.2, -0.15) is 0 Å². The van der Waals surface area contributed by atoms with Crippen LogP contribution in [0.25, 0.3) is 0 Å². The fourth-order valence-corrected chi connectivity index (χ4v) is 1.31. The third-order valence-electron chi connectivity index (χ3n) is 2.22. The van der Waals surface area contributed by atoms with Crippen LogP contribution < -0.4 is 5.32 Å². The zero-order valence-corrected chi connectivity index (χ0v) is 10.2. The number of amides is 1. The van der Waals surface area contributed by atoms with E-state index in [9.17, 15) is 9.59 Å². The first-order valence-electron chi connectivity index (χ1n) is 5.76. The lowest BCUT2D eigenvalue weighted by molar-refractivity contribution is -0.149. The highest BCUT2D eigenvalue weighted by atomic mass is 16.6. The van der Waals surface area contributed by atoms with Gasteiger partial charge in [0.05, 0.1) is 25.9 Å². The third-order valence-corrected chi connectivity index (χ3v) is 2.22. The average molecular weight is 245 g/mol. The van der Waals surface area contributed by atoms with E-state index in [1.165, 1.54) is 6.92 Å². The zero-order chi connectivity index (χ0) is 12.7. The van der Waals surface area contributed by atoms with Crippen molar-refractivity contribution >= 4 is 11.9 Å². The highest BCUT2D eigenvalue weighted by molar-refractivity contribution is 5.83. The maximum Gasteiger partial charge on any atom is 0.331 e. The molecule has 1 heterocycles. The summed E-state index contributed by atoms with van der Waals surface area (Å²) < 4.78 is 15.2. The summed E-state index contributed by atoms with van der Waals surface area (Å²) in [5.74, 6) is -0.748. The molecule has 0 bridgehead atoms. The summed E-state index contributed by atoms with van der Waals surface area (Å²) in [6, 6.07) is -0.729. The van der Waals surface area contributed by atoms with E-state index in [4.69, 9.17) is 14.2 Å². The van der Waals surface area contributed by atoms with Gasteiger partial charge in [0.25, 0.3) is 0 Å². The lowest BCUT2D eigenvalue weighted by atomic mass is 10.3. The van der Waals surface area contributed by atoms with Crippen LogP contribution in [0.15, 0.2) is 0 Å². The minimum Gasteiger partial charge on any atom is -0.464 e. The molecule has 1 aliphatic heterocycles. The van der Waals surface area contributed by atoms with Gasteiger partial charge in [0.1, 0.15) is 0 Å². The molecule has 1 fully saturated rings. The second-order valence-electron chi connectivity index (χ2n) is 3.82. The van der Waals surface area contributed by atoms with Gasteiger partial charge >= 0.3 is 5.97 Å². The standard InChI is InChI=1S/C11H19NO5/c1-3-16-11(14)10(12-8(2)13)7-15-5-4-9-6-17-9/h9-10H,3-7H2,1-2H3,(H,12,13)/t9?,10-/m1/s1. The number of hydrogen-bond acceptors (Lipinski definition) is 5. The fraction of sp³-hybridized carbons (Fsp3) is 0.818. The number of carbonyl (C=O) groups excluding carboxylic acids is 2. The maximum absolute atomic E-state index is 11.5. The molecule has 98 valence electrons. The summed E-state index contributed by atoms with van der Waals surface area (Å²) in [5.41, 5.74) is 0. The summed E-state index contributed by atoms with van der Waals surface area (Å²) in [4.78, 5) is 22.4. The van der Waals surface area contributed by atoms with Crippen LogP contribution in [-0.2, 0) is 23.8 Å². The molecule has 1 aliphatic rings. The molecule has 0 aromatic heterocycles. The molecule has 1 rings (SSSR count). The normalized spacial score (nSPS) is 19.5. The van der Waals surface area contributed by atoms with Crippen LogP contribution >= 0.6 is 0 Å². The van der Waals surface area contributed by atoms with Gasteiger partial charge in [-0.05, 0) is 13.3 Å². The number of ether oxygens (including phenoxy) is 3. The van der Waals surface area contributed by atoms with E-state index in [-0.39, 0.29) is 19.1 Å². The van der Waals surface area contributed by atoms with Gasteiger partial charge < -0.3 is 19.5 Å². The van der Waals surface area contributed by atoms with Crippen LogP contribution in [0.5, 0.6) is 0 Å². The highest BCUT2D eigenvalue weighted by Crippen LogP contribution is 2.12. The Bertz CT molecular complexity index is 265. The number of epoxide rings is 1. The average Bonchev–Trinajstić information content (AvgIpc) is 3.06. The van der Waals surface area contributed by atoms with Gasteiger partial charge in [0.15, 0.2) is 6.04 Å². The molecule has 0 aliphatic carbocycles. The fourth-order valence-electron chi connectivity index (χ4n) is 1.31. The molecular weight excluding hydrogens is 226 g/mol. The molecule has 0 radical (unpaired) electrons. The van der Waals surface area contributed by atoms with E-state index in [1.54, 1.807) is 6.92 Å². The number of rotatable bonds is 8. The van der Waals surface area contributed by atoms with Crippen LogP contribution in [0.2, 0.25) is 0 Å². The van der Waals surface area contributed by atoms with Crippen molar-refractivity contribution in [1.82, 2.24) is 5.32 Å². The van der Waals surface area contributed by atoms with Gasteiger partial charge in [-0.25, -0.2) is 4.79 Å². The molecule has 1 unspecified atom stereocenters. The predicted molar refractivity (Wildman–Crippen MR) is 59.4 cm³/mol. The van der Waals surface area contributed by atoms with Crippen LogP contribution in [0.4, 0.5) is 0 Å². The Balaban J connectivity index is 2.22. The second kappa shape index (κ2) is 7.24. The van der Waals surface area contributed by atoms with Gasteiger partial charge in [-0.3, -0.25) is 4.79 Å². The van der Waals surface area contributed by atoms with Crippen LogP contribution in [0.1, 0.15) is 20.3 Å². The Labute approximate surface area is 101 Å². The molecule has 2 atom stereocenters. The lowest BCUT2D eigenvalue weighted by Gasteiger charge is -2.16. The van der Waals surface area contributed by atoms with Crippen molar-refractivity contribution in [3.8, 4) is 0 Å². The number of esters is 1. The van der Waals surface area contributed by atoms with E-state index in [1.807, 2.05) is 0 Å². The molecule has 6 nitrogen and oxygen atoms in total. The first-order valence-corrected chi connectivity index (χ1v) is 5.76. The van der Waals surface area contributed by atoms with Gasteiger partial charge in [0.2, 0.25) is 5.91 Å².